The number of rotatable bonds is 5. The van der Waals surface area contributed by atoms with Crippen molar-refractivity contribution in [2.75, 3.05) is 16.8 Å². The lowest BCUT2D eigenvalue weighted by atomic mass is 10.2. The van der Waals surface area contributed by atoms with E-state index >= 15 is 0 Å². The number of nitrogens with one attached hydrogen (secondary N) is 1. The highest BCUT2D eigenvalue weighted by atomic mass is 16.1. The number of hydrogen-bond acceptors (Lipinski definition) is 4. The molecule has 0 aliphatic heterocycles. The maximum atomic E-state index is 12.3. The zero-order chi connectivity index (χ0) is 17.6. The van der Waals surface area contributed by atoms with Crippen molar-refractivity contribution in [3.05, 3.63) is 78.2 Å². The molecule has 0 atom stereocenters. The number of amides is 1. The fourth-order valence-electron chi connectivity index (χ4n) is 2.58. The molecule has 126 valence electrons. The van der Waals surface area contributed by atoms with E-state index < -0.39 is 0 Å². The van der Waals surface area contributed by atoms with Crippen molar-refractivity contribution in [2.45, 2.75) is 13.8 Å². The van der Waals surface area contributed by atoms with Gasteiger partial charge in [-0.05, 0) is 43.7 Å². The number of hydrogen-bond donors (Lipinski definition) is 1. The first-order valence-corrected chi connectivity index (χ1v) is 8.20. The Hall–Kier alpha value is -3.21. The van der Waals surface area contributed by atoms with Gasteiger partial charge >= 0.3 is 0 Å². The van der Waals surface area contributed by atoms with E-state index in [0.29, 0.717) is 5.82 Å². The Balaban J connectivity index is 1.76. The van der Waals surface area contributed by atoms with Gasteiger partial charge in [0.05, 0.1) is 12.4 Å². The summed E-state index contributed by atoms with van der Waals surface area (Å²) < 4.78 is 0. The Labute approximate surface area is 147 Å². The van der Waals surface area contributed by atoms with Gasteiger partial charge in [-0.3, -0.25) is 4.79 Å². The Morgan fingerprint density at radius 3 is 2.48 bits per heavy atom. The van der Waals surface area contributed by atoms with Crippen molar-refractivity contribution in [3.8, 4) is 0 Å². The predicted octanol–water partition coefficient (Wildman–Crippen LogP) is 4.20. The third-order valence-electron chi connectivity index (χ3n) is 3.81. The topological polar surface area (TPSA) is 58.1 Å². The van der Waals surface area contributed by atoms with E-state index in [1.54, 1.807) is 6.20 Å². The van der Waals surface area contributed by atoms with Crippen molar-refractivity contribution in [1.82, 2.24) is 9.97 Å². The van der Waals surface area contributed by atoms with E-state index in [4.69, 9.17) is 0 Å². The highest BCUT2D eigenvalue weighted by Gasteiger charge is 2.12. The van der Waals surface area contributed by atoms with Gasteiger partial charge < -0.3 is 10.2 Å². The summed E-state index contributed by atoms with van der Waals surface area (Å²) in [6, 6.07) is 17.6. The molecule has 0 spiro atoms. The SMILES string of the molecule is CCN(c1ccccc1)c1cnc(C(=O)Nc2cccc(C)c2)cn1. The van der Waals surface area contributed by atoms with Crippen LogP contribution in [0.1, 0.15) is 23.0 Å². The molecule has 0 aliphatic rings. The van der Waals surface area contributed by atoms with Crippen molar-refractivity contribution in [2.24, 2.45) is 0 Å². The van der Waals surface area contributed by atoms with E-state index in [1.165, 1.54) is 6.20 Å². The number of nitrogens with zero attached hydrogens (tertiary/aromatic N) is 3. The number of aromatic nitrogens is 2. The van der Waals surface area contributed by atoms with E-state index in [-0.39, 0.29) is 11.6 Å². The molecule has 2 aromatic carbocycles. The summed E-state index contributed by atoms with van der Waals surface area (Å²) >= 11 is 0. The minimum absolute atomic E-state index is 0.271. The average molecular weight is 332 g/mol. The zero-order valence-corrected chi connectivity index (χ0v) is 14.3. The minimum Gasteiger partial charge on any atom is -0.325 e. The van der Waals surface area contributed by atoms with E-state index in [9.17, 15) is 4.79 Å². The molecule has 0 bridgehead atoms. The summed E-state index contributed by atoms with van der Waals surface area (Å²) in [7, 11) is 0. The van der Waals surface area contributed by atoms with Crippen LogP contribution >= 0.6 is 0 Å². The lowest BCUT2D eigenvalue weighted by Crippen LogP contribution is -2.19. The fourth-order valence-corrected chi connectivity index (χ4v) is 2.58. The van der Waals surface area contributed by atoms with Gasteiger partial charge in [0.2, 0.25) is 0 Å². The van der Waals surface area contributed by atoms with E-state index in [0.717, 1.165) is 23.5 Å². The zero-order valence-electron chi connectivity index (χ0n) is 14.3. The fraction of sp³-hybridized carbons (Fsp3) is 0.150. The lowest BCUT2D eigenvalue weighted by molar-refractivity contribution is 0.102. The third-order valence-corrected chi connectivity index (χ3v) is 3.81. The van der Waals surface area contributed by atoms with Crippen LogP contribution in [0.15, 0.2) is 67.0 Å². The van der Waals surface area contributed by atoms with E-state index in [2.05, 4.69) is 15.3 Å². The van der Waals surface area contributed by atoms with Crippen LogP contribution in [0, 0.1) is 6.92 Å². The first-order valence-electron chi connectivity index (χ1n) is 8.20. The van der Waals surface area contributed by atoms with E-state index in [1.807, 2.05) is 73.3 Å². The molecule has 1 N–H and O–H groups in total. The molecule has 3 rings (SSSR count). The summed E-state index contributed by atoms with van der Waals surface area (Å²) in [6.07, 6.45) is 3.13. The summed E-state index contributed by atoms with van der Waals surface area (Å²) in [5.41, 5.74) is 3.15. The molecule has 0 unspecified atom stereocenters. The molecule has 0 saturated heterocycles. The van der Waals surface area contributed by atoms with Gasteiger partial charge in [0.25, 0.3) is 5.91 Å². The number of para-hydroxylation sites is 1. The molecular formula is C20H20N4O. The lowest BCUT2D eigenvalue weighted by Gasteiger charge is -2.21. The van der Waals surface area contributed by atoms with Crippen LogP contribution in [-0.4, -0.2) is 22.4 Å². The first kappa shape index (κ1) is 16.6. The normalized spacial score (nSPS) is 10.3. The number of carbonyl (C=O) groups is 1. The number of benzene rings is 2. The molecule has 5 nitrogen and oxygen atoms in total. The summed E-state index contributed by atoms with van der Waals surface area (Å²) in [6.45, 7) is 4.79. The van der Waals surface area contributed by atoms with Gasteiger partial charge in [-0.25, -0.2) is 9.97 Å². The molecule has 5 heteroatoms. The second kappa shape index (κ2) is 7.57. The van der Waals surface area contributed by atoms with Crippen molar-refractivity contribution >= 4 is 23.1 Å². The van der Waals surface area contributed by atoms with Gasteiger partial charge in [0, 0.05) is 17.9 Å². The Kier molecular flexibility index (Phi) is 5.04. The Morgan fingerprint density at radius 1 is 1.04 bits per heavy atom. The summed E-state index contributed by atoms with van der Waals surface area (Å²) in [5, 5.41) is 2.84. The van der Waals surface area contributed by atoms with Crippen molar-refractivity contribution < 1.29 is 4.79 Å². The molecular weight excluding hydrogens is 312 g/mol. The van der Waals surface area contributed by atoms with Gasteiger partial charge in [0.1, 0.15) is 5.69 Å². The molecule has 3 aromatic rings. The Morgan fingerprint density at radius 2 is 1.84 bits per heavy atom. The van der Waals surface area contributed by atoms with Gasteiger partial charge in [-0.2, -0.15) is 0 Å². The monoisotopic (exact) mass is 332 g/mol. The maximum Gasteiger partial charge on any atom is 0.275 e. The van der Waals surface area contributed by atoms with Crippen LogP contribution in [0.25, 0.3) is 0 Å². The molecule has 25 heavy (non-hydrogen) atoms. The summed E-state index contributed by atoms with van der Waals surface area (Å²) in [4.78, 5) is 23.0. The second-order valence-electron chi connectivity index (χ2n) is 5.66. The molecule has 1 aromatic heterocycles. The third kappa shape index (κ3) is 4.01. The number of anilines is 3. The smallest absolute Gasteiger partial charge is 0.275 e. The van der Waals surface area contributed by atoms with Crippen LogP contribution in [0.5, 0.6) is 0 Å². The van der Waals surface area contributed by atoms with Gasteiger partial charge in [0.15, 0.2) is 5.82 Å². The van der Waals surface area contributed by atoms with Crippen LogP contribution in [0.2, 0.25) is 0 Å². The number of aryl methyl sites for hydroxylation is 1. The molecule has 0 saturated carbocycles. The largest absolute Gasteiger partial charge is 0.325 e. The quantitative estimate of drug-likeness (QED) is 0.761. The molecule has 1 heterocycles. The minimum atomic E-state index is -0.271. The highest BCUT2D eigenvalue weighted by Crippen LogP contribution is 2.22. The second-order valence-corrected chi connectivity index (χ2v) is 5.66. The van der Waals surface area contributed by atoms with Crippen molar-refractivity contribution in [1.29, 1.82) is 0 Å². The van der Waals surface area contributed by atoms with Crippen LogP contribution < -0.4 is 10.2 Å². The first-order chi connectivity index (χ1) is 12.2. The number of carbonyl (C=O) groups excluding carboxylic acids is 1. The molecule has 1 amide bonds. The molecule has 0 aliphatic carbocycles. The van der Waals surface area contributed by atoms with Gasteiger partial charge in [-0.1, -0.05) is 30.3 Å². The summed E-state index contributed by atoms with van der Waals surface area (Å²) in [5.74, 6) is 0.438. The molecule has 0 radical (unpaired) electrons. The van der Waals surface area contributed by atoms with Crippen molar-refractivity contribution in [3.63, 3.8) is 0 Å². The van der Waals surface area contributed by atoms with Crippen LogP contribution in [-0.2, 0) is 0 Å². The standard InChI is InChI=1S/C20H20N4O/c1-3-24(17-10-5-4-6-11-17)19-14-21-18(13-22-19)20(25)23-16-9-7-8-15(2)12-16/h4-14H,3H2,1-2H3,(H,23,25). The van der Waals surface area contributed by atoms with Crippen LogP contribution in [0.3, 0.4) is 0 Å². The van der Waals surface area contributed by atoms with Gasteiger partial charge in [-0.15, -0.1) is 0 Å². The predicted molar refractivity (Wildman–Crippen MR) is 100 cm³/mol. The highest BCUT2D eigenvalue weighted by molar-refractivity contribution is 6.02. The average Bonchev–Trinajstić information content (AvgIpc) is 2.64. The Bertz CT molecular complexity index is 847. The van der Waals surface area contributed by atoms with Crippen LogP contribution in [0.4, 0.5) is 17.2 Å². The maximum absolute atomic E-state index is 12.3. The molecule has 0 fully saturated rings.